The van der Waals surface area contributed by atoms with Crippen molar-refractivity contribution in [1.82, 2.24) is 9.55 Å². The average Bonchev–Trinajstić information content (AvgIpc) is 3.10. The van der Waals surface area contributed by atoms with Gasteiger partial charge in [-0.05, 0) is 41.0 Å². The van der Waals surface area contributed by atoms with Gasteiger partial charge in [-0.3, -0.25) is 4.39 Å². The lowest BCUT2D eigenvalue weighted by Gasteiger charge is -2.12. The Bertz CT molecular complexity index is 799. The highest BCUT2D eigenvalue weighted by Crippen LogP contribution is 2.27. The molecule has 1 heterocycles. The summed E-state index contributed by atoms with van der Waals surface area (Å²) in [4.78, 5) is 4.03. The predicted molar refractivity (Wildman–Crippen MR) is 83.4 cm³/mol. The number of nitriles is 1. The number of aromatic nitrogens is 2. The van der Waals surface area contributed by atoms with Gasteiger partial charge in [-0.25, -0.2) is 4.98 Å². The Kier molecular flexibility index (Phi) is 3.97. The van der Waals surface area contributed by atoms with Crippen molar-refractivity contribution in [2.24, 2.45) is 0 Å². The number of halogens is 1. The van der Waals surface area contributed by atoms with Gasteiger partial charge in [0.1, 0.15) is 0 Å². The molecule has 22 heavy (non-hydrogen) atoms. The molecule has 3 aromatic rings. The van der Waals surface area contributed by atoms with Crippen LogP contribution in [0.5, 0.6) is 0 Å². The standard InChI is InChI=1S/C18H14FN3/c19-8-7-16-11-17(22-10-9-21-13-22)5-6-18(16)15-3-1-14(12-20)2-4-15/h1-6,9-11,13H,7-8H2. The molecule has 0 aliphatic rings. The topological polar surface area (TPSA) is 41.6 Å². The fourth-order valence-corrected chi connectivity index (χ4v) is 2.47. The van der Waals surface area contributed by atoms with E-state index in [-0.39, 0.29) is 0 Å². The van der Waals surface area contributed by atoms with E-state index >= 15 is 0 Å². The summed E-state index contributed by atoms with van der Waals surface area (Å²) in [5.41, 5.74) is 4.49. The number of alkyl halides is 1. The molecule has 0 aliphatic heterocycles. The summed E-state index contributed by atoms with van der Waals surface area (Å²) in [5, 5.41) is 8.87. The van der Waals surface area contributed by atoms with Gasteiger partial charge in [-0.15, -0.1) is 0 Å². The molecular weight excluding hydrogens is 277 g/mol. The van der Waals surface area contributed by atoms with Gasteiger partial charge in [-0.1, -0.05) is 18.2 Å². The molecule has 0 N–H and O–H groups in total. The zero-order valence-corrected chi connectivity index (χ0v) is 11.9. The van der Waals surface area contributed by atoms with Crippen LogP contribution in [0.25, 0.3) is 16.8 Å². The molecule has 3 nitrogen and oxygen atoms in total. The molecule has 2 aromatic carbocycles. The second-order valence-electron chi connectivity index (χ2n) is 4.94. The van der Waals surface area contributed by atoms with E-state index in [2.05, 4.69) is 11.1 Å². The number of rotatable bonds is 4. The molecule has 0 fully saturated rings. The number of aryl methyl sites for hydroxylation is 1. The summed E-state index contributed by atoms with van der Waals surface area (Å²) in [6, 6.07) is 15.4. The molecule has 0 bridgehead atoms. The van der Waals surface area contributed by atoms with Crippen LogP contribution in [0.3, 0.4) is 0 Å². The molecule has 0 amide bonds. The molecule has 4 heteroatoms. The van der Waals surface area contributed by atoms with Crippen LogP contribution in [0.1, 0.15) is 11.1 Å². The predicted octanol–water partition coefficient (Wildman–Crippen LogP) is 3.92. The SMILES string of the molecule is N#Cc1ccc(-c2ccc(-n3ccnc3)cc2CCF)cc1. The minimum Gasteiger partial charge on any atom is -0.306 e. The molecule has 3 rings (SSSR count). The van der Waals surface area contributed by atoms with Crippen LogP contribution in [-0.4, -0.2) is 16.2 Å². The van der Waals surface area contributed by atoms with Crippen molar-refractivity contribution in [3.05, 3.63) is 72.3 Å². The van der Waals surface area contributed by atoms with E-state index in [0.717, 1.165) is 22.4 Å². The third-order valence-corrected chi connectivity index (χ3v) is 3.58. The van der Waals surface area contributed by atoms with Crippen LogP contribution < -0.4 is 0 Å². The van der Waals surface area contributed by atoms with E-state index in [4.69, 9.17) is 5.26 Å². The fourth-order valence-electron chi connectivity index (χ4n) is 2.47. The van der Waals surface area contributed by atoms with Gasteiger partial charge >= 0.3 is 0 Å². The lowest BCUT2D eigenvalue weighted by atomic mass is 9.96. The number of imidazole rings is 1. The van der Waals surface area contributed by atoms with Crippen molar-refractivity contribution in [3.8, 4) is 22.9 Å². The van der Waals surface area contributed by atoms with Gasteiger partial charge in [0.25, 0.3) is 0 Å². The molecule has 0 saturated heterocycles. The Labute approximate surface area is 128 Å². The maximum atomic E-state index is 12.9. The summed E-state index contributed by atoms with van der Waals surface area (Å²) >= 11 is 0. The monoisotopic (exact) mass is 291 g/mol. The Balaban J connectivity index is 2.04. The molecule has 1 aromatic heterocycles. The first-order chi connectivity index (χ1) is 10.8. The average molecular weight is 291 g/mol. The summed E-state index contributed by atoms with van der Waals surface area (Å²) in [6.07, 6.45) is 5.65. The Morgan fingerprint density at radius 1 is 1.14 bits per heavy atom. The van der Waals surface area contributed by atoms with Gasteiger partial charge in [-0.2, -0.15) is 5.26 Å². The van der Waals surface area contributed by atoms with Crippen LogP contribution in [0.15, 0.2) is 61.2 Å². The molecular formula is C18H14FN3. The summed E-state index contributed by atoms with van der Waals surface area (Å²) < 4.78 is 14.8. The number of hydrogen-bond acceptors (Lipinski definition) is 2. The van der Waals surface area contributed by atoms with Crippen molar-refractivity contribution in [2.75, 3.05) is 6.67 Å². The second kappa shape index (κ2) is 6.23. The number of benzene rings is 2. The molecule has 0 radical (unpaired) electrons. The van der Waals surface area contributed by atoms with Crippen molar-refractivity contribution >= 4 is 0 Å². The number of nitrogens with zero attached hydrogens (tertiary/aromatic N) is 3. The van der Waals surface area contributed by atoms with Gasteiger partial charge in [0.2, 0.25) is 0 Å². The highest BCUT2D eigenvalue weighted by atomic mass is 19.1. The normalized spacial score (nSPS) is 10.4. The first-order valence-corrected chi connectivity index (χ1v) is 6.99. The fraction of sp³-hybridized carbons (Fsp3) is 0.111. The van der Waals surface area contributed by atoms with Gasteiger partial charge < -0.3 is 4.57 Å². The van der Waals surface area contributed by atoms with Crippen molar-refractivity contribution in [1.29, 1.82) is 5.26 Å². The third kappa shape index (κ3) is 2.75. The first-order valence-electron chi connectivity index (χ1n) is 6.99. The molecule has 108 valence electrons. The second-order valence-corrected chi connectivity index (χ2v) is 4.94. The maximum Gasteiger partial charge on any atom is 0.0991 e. The lowest BCUT2D eigenvalue weighted by molar-refractivity contribution is 0.495. The van der Waals surface area contributed by atoms with Gasteiger partial charge in [0.15, 0.2) is 0 Å². The first kappa shape index (κ1) is 14.0. The number of hydrogen-bond donors (Lipinski definition) is 0. The molecule has 0 saturated carbocycles. The van der Waals surface area contributed by atoms with E-state index in [1.807, 2.05) is 41.1 Å². The maximum absolute atomic E-state index is 12.9. The van der Waals surface area contributed by atoms with E-state index in [1.165, 1.54) is 0 Å². The van der Waals surface area contributed by atoms with Gasteiger partial charge in [0.05, 0.1) is 24.6 Å². The highest BCUT2D eigenvalue weighted by Gasteiger charge is 2.08. The minimum atomic E-state index is -0.406. The quantitative estimate of drug-likeness (QED) is 0.731. The molecule has 0 aliphatic carbocycles. The molecule has 0 atom stereocenters. The van der Waals surface area contributed by atoms with E-state index in [9.17, 15) is 4.39 Å². The van der Waals surface area contributed by atoms with Crippen LogP contribution in [0, 0.1) is 11.3 Å². The Hall–Kier alpha value is -2.93. The summed E-state index contributed by atoms with van der Waals surface area (Å²) in [7, 11) is 0. The van der Waals surface area contributed by atoms with Crippen molar-refractivity contribution < 1.29 is 4.39 Å². The Morgan fingerprint density at radius 3 is 2.59 bits per heavy atom. The third-order valence-electron chi connectivity index (χ3n) is 3.58. The van der Waals surface area contributed by atoms with Crippen molar-refractivity contribution in [3.63, 3.8) is 0 Å². The smallest absolute Gasteiger partial charge is 0.0991 e. The lowest BCUT2D eigenvalue weighted by Crippen LogP contribution is -1.97. The van der Waals surface area contributed by atoms with E-state index in [1.54, 1.807) is 24.7 Å². The van der Waals surface area contributed by atoms with Crippen LogP contribution >= 0.6 is 0 Å². The van der Waals surface area contributed by atoms with Crippen molar-refractivity contribution in [2.45, 2.75) is 6.42 Å². The molecule has 0 unspecified atom stereocenters. The summed E-state index contributed by atoms with van der Waals surface area (Å²) in [6.45, 7) is -0.406. The van der Waals surface area contributed by atoms with Crippen LogP contribution in [-0.2, 0) is 6.42 Å². The largest absolute Gasteiger partial charge is 0.306 e. The minimum absolute atomic E-state index is 0.359. The van der Waals surface area contributed by atoms with Gasteiger partial charge in [0, 0.05) is 24.5 Å². The zero-order valence-electron chi connectivity index (χ0n) is 11.9. The van der Waals surface area contributed by atoms with E-state index < -0.39 is 6.67 Å². The Morgan fingerprint density at radius 2 is 1.95 bits per heavy atom. The zero-order chi connectivity index (χ0) is 15.4. The van der Waals surface area contributed by atoms with E-state index in [0.29, 0.717) is 12.0 Å². The molecule has 0 spiro atoms. The highest BCUT2D eigenvalue weighted by molar-refractivity contribution is 5.69. The van der Waals surface area contributed by atoms with Crippen LogP contribution in [0.4, 0.5) is 4.39 Å². The van der Waals surface area contributed by atoms with Crippen LogP contribution in [0.2, 0.25) is 0 Å². The summed E-state index contributed by atoms with van der Waals surface area (Å²) in [5.74, 6) is 0.